The summed E-state index contributed by atoms with van der Waals surface area (Å²) in [6.07, 6.45) is 3.01. The largest absolute Gasteiger partial charge is 0.403 e. The van der Waals surface area contributed by atoms with E-state index in [0.717, 1.165) is 0 Å². The van der Waals surface area contributed by atoms with Gasteiger partial charge in [0.1, 0.15) is 0 Å². The minimum absolute atomic E-state index is 0.501. The molecule has 0 aliphatic rings. The summed E-state index contributed by atoms with van der Waals surface area (Å²) < 4.78 is 0. The Morgan fingerprint density at radius 3 is 2.80 bits per heavy atom. The van der Waals surface area contributed by atoms with Crippen LogP contribution < -0.4 is 11.5 Å². The highest BCUT2D eigenvalue weighted by Crippen LogP contribution is 2.00. The summed E-state index contributed by atoms with van der Waals surface area (Å²) in [7, 11) is 0. The second-order valence-corrected chi connectivity index (χ2v) is 1.84. The molecule has 0 aliphatic heterocycles. The van der Waals surface area contributed by atoms with Crippen LogP contribution in [0.5, 0.6) is 0 Å². The number of hydrogen-bond acceptors (Lipinski definition) is 3. The van der Waals surface area contributed by atoms with Crippen LogP contribution in [-0.2, 0) is 0 Å². The first-order chi connectivity index (χ1) is 4.84. The topological polar surface area (TPSA) is 64.9 Å². The molecule has 10 heavy (non-hydrogen) atoms. The van der Waals surface area contributed by atoms with Gasteiger partial charge in [0.15, 0.2) is 0 Å². The van der Waals surface area contributed by atoms with Crippen molar-refractivity contribution in [3.8, 4) is 0 Å². The van der Waals surface area contributed by atoms with Crippen LogP contribution in [0.2, 0.25) is 0 Å². The van der Waals surface area contributed by atoms with E-state index >= 15 is 0 Å². The number of nitrogens with two attached hydrogens (primary N) is 2. The zero-order chi connectivity index (χ0) is 7.40. The molecule has 0 atom stereocenters. The van der Waals surface area contributed by atoms with E-state index in [1.807, 2.05) is 12.1 Å². The lowest BCUT2D eigenvalue weighted by atomic mass is 10.3. The number of hydrogen-bond donors (Lipinski definition) is 2. The predicted molar refractivity (Wildman–Crippen MR) is 40.6 cm³/mol. The van der Waals surface area contributed by atoms with E-state index in [1.165, 1.54) is 6.20 Å². The fraction of sp³-hybridized carbons (Fsp3) is 0. The van der Waals surface area contributed by atoms with Crippen LogP contribution in [0.4, 0.5) is 0 Å². The van der Waals surface area contributed by atoms with Crippen LogP contribution in [0.3, 0.4) is 0 Å². The Morgan fingerprint density at radius 2 is 2.30 bits per heavy atom. The van der Waals surface area contributed by atoms with Gasteiger partial charge < -0.3 is 11.5 Å². The van der Waals surface area contributed by atoms with Crippen LogP contribution >= 0.6 is 0 Å². The van der Waals surface area contributed by atoms with Crippen LogP contribution in [-0.4, -0.2) is 4.98 Å². The van der Waals surface area contributed by atoms with Gasteiger partial charge in [0.25, 0.3) is 0 Å². The van der Waals surface area contributed by atoms with E-state index in [2.05, 4.69) is 4.98 Å². The molecule has 0 fully saturated rings. The first-order valence-electron chi connectivity index (χ1n) is 2.93. The van der Waals surface area contributed by atoms with Crippen molar-refractivity contribution in [2.75, 3.05) is 0 Å². The van der Waals surface area contributed by atoms with Crippen LogP contribution in [0, 0.1) is 0 Å². The molecule has 52 valence electrons. The fourth-order valence-corrected chi connectivity index (χ4v) is 0.619. The van der Waals surface area contributed by atoms with Crippen molar-refractivity contribution in [3.05, 3.63) is 36.3 Å². The van der Waals surface area contributed by atoms with Gasteiger partial charge in [-0.3, -0.25) is 4.98 Å². The zero-order valence-electron chi connectivity index (χ0n) is 5.49. The molecule has 0 unspecified atom stereocenters. The van der Waals surface area contributed by atoms with Gasteiger partial charge in [-0.05, 0) is 12.1 Å². The molecule has 0 amide bonds. The minimum Gasteiger partial charge on any atom is -0.403 e. The van der Waals surface area contributed by atoms with Crippen molar-refractivity contribution in [3.63, 3.8) is 0 Å². The maximum Gasteiger partial charge on any atom is 0.0873 e. The molecule has 0 aliphatic carbocycles. The van der Waals surface area contributed by atoms with Gasteiger partial charge >= 0.3 is 0 Å². The summed E-state index contributed by atoms with van der Waals surface area (Å²) in [5.41, 5.74) is 11.9. The summed E-state index contributed by atoms with van der Waals surface area (Å²) in [6.45, 7) is 0. The highest BCUT2D eigenvalue weighted by Gasteiger charge is 1.92. The smallest absolute Gasteiger partial charge is 0.0873 e. The van der Waals surface area contributed by atoms with E-state index in [0.29, 0.717) is 11.4 Å². The molecule has 0 spiro atoms. The Bertz CT molecular complexity index is 228. The third-order valence-corrected chi connectivity index (χ3v) is 1.14. The molecule has 3 heteroatoms. The van der Waals surface area contributed by atoms with Crippen molar-refractivity contribution < 1.29 is 0 Å². The fourth-order valence-electron chi connectivity index (χ4n) is 0.619. The van der Waals surface area contributed by atoms with E-state index < -0.39 is 0 Å². The predicted octanol–water partition coefficient (Wildman–Crippen LogP) is 0.297. The Labute approximate surface area is 59.4 Å². The molecule has 1 rings (SSSR count). The highest BCUT2D eigenvalue weighted by molar-refractivity contribution is 5.57. The summed E-state index contributed by atoms with van der Waals surface area (Å²) in [4.78, 5) is 3.98. The Morgan fingerprint density at radius 1 is 1.50 bits per heavy atom. The standard InChI is InChI=1S/C7H9N3/c8-5-6(9)7-3-1-2-4-10-7/h1-5H,8-9H2. The summed E-state index contributed by atoms with van der Waals surface area (Å²) in [5.74, 6) is 0. The first kappa shape index (κ1) is 6.61. The van der Waals surface area contributed by atoms with Gasteiger partial charge in [-0.15, -0.1) is 0 Å². The minimum atomic E-state index is 0.501. The van der Waals surface area contributed by atoms with Crippen molar-refractivity contribution in [1.82, 2.24) is 4.98 Å². The van der Waals surface area contributed by atoms with Gasteiger partial charge in [-0.2, -0.15) is 0 Å². The van der Waals surface area contributed by atoms with E-state index in [1.54, 1.807) is 12.3 Å². The van der Waals surface area contributed by atoms with Crippen molar-refractivity contribution >= 4 is 5.70 Å². The van der Waals surface area contributed by atoms with Crippen molar-refractivity contribution in [1.29, 1.82) is 0 Å². The second-order valence-electron chi connectivity index (χ2n) is 1.84. The zero-order valence-corrected chi connectivity index (χ0v) is 5.49. The third-order valence-electron chi connectivity index (χ3n) is 1.14. The molecular weight excluding hydrogens is 126 g/mol. The lowest BCUT2D eigenvalue weighted by Gasteiger charge is -1.95. The molecule has 0 aromatic carbocycles. The summed E-state index contributed by atoms with van der Waals surface area (Å²) >= 11 is 0. The van der Waals surface area contributed by atoms with Crippen molar-refractivity contribution in [2.24, 2.45) is 11.5 Å². The molecule has 1 aromatic rings. The Kier molecular flexibility index (Phi) is 1.89. The number of aromatic nitrogens is 1. The summed E-state index contributed by atoms with van der Waals surface area (Å²) in [6, 6.07) is 5.49. The van der Waals surface area contributed by atoms with Crippen molar-refractivity contribution in [2.45, 2.75) is 0 Å². The second kappa shape index (κ2) is 2.87. The lowest BCUT2D eigenvalue weighted by Crippen LogP contribution is -2.00. The lowest BCUT2D eigenvalue weighted by molar-refractivity contribution is 1.25. The Balaban J connectivity index is 2.96. The maximum atomic E-state index is 5.47. The highest BCUT2D eigenvalue weighted by atomic mass is 14.7. The van der Waals surface area contributed by atoms with Crippen LogP contribution in [0.15, 0.2) is 30.6 Å². The van der Waals surface area contributed by atoms with E-state index in [4.69, 9.17) is 11.5 Å². The van der Waals surface area contributed by atoms with Gasteiger partial charge in [0, 0.05) is 12.4 Å². The van der Waals surface area contributed by atoms with E-state index in [-0.39, 0.29) is 0 Å². The molecule has 4 N–H and O–H groups in total. The average molecular weight is 135 g/mol. The molecule has 1 heterocycles. The maximum absolute atomic E-state index is 5.47. The molecule has 0 bridgehead atoms. The molecule has 3 nitrogen and oxygen atoms in total. The molecule has 0 radical (unpaired) electrons. The molecular formula is C7H9N3. The number of nitrogens with zero attached hydrogens (tertiary/aromatic N) is 1. The van der Waals surface area contributed by atoms with Gasteiger partial charge in [-0.25, -0.2) is 0 Å². The van der Waals surface area contributed by atoms with Crippen LogP contribution in [0.25, 0.3) is 5.70 Å². The molecule has 0 saturated heterocycles. The monoisotopic (exact) mass is 135 g/mol. The van der Waals surface area contributed by atoms with Gasteiger partial charge in [0.2, 0.25) is 0 Å². The molecule has 1 aromatic heterocycles. The van der Waals surface area contributed by atoms with Crippen LogP contribution in [0.1, 0.15) is 5.69 Å². The van der Waals surface area contributed by atoms with Gasteiger partial charge in [0.05, 0.1) is 11.4 Å². The Hall–Kier alpha value is -1.51. The average Bonchev–Trinajstić information content (AvgIpc) is 2.05. The molecule has 0 saturated carbocycles. The normalized spacial score (nSPS) is 11.4. The third kappa shape index (κ3) is 1.25. The first-order valence-corrected chi connectivity index (χ1v) is 2.93. The van der Waals surface area contributed by atoms with E-state index in [9.17, 15) is 0 Å². The number of rotatable bonds is 1. The summed E-state index contributed by atoms with van der Waals surface area (Å²) in [5, 5.41) is 0. The quantitative estimate of drug-likeness (QED) is 0.582. The SMILES string of the molecule is NC=C(N)c1ccccn1. The number of pyridine rings is 1. The van der Waals surface area contributed by atoms with Gasteiger partial charge in [-0.1, -0.05) is 6.07 Å².